The zero-order valence-corrected chi connectivity index (χ0v) is 9.68. The highest BCUT2D eigenvalue weighted by molar-refractivity contribution is 5.05. The molecule has 0 radical (unpaired) electrons. The van der Waals surface area contributed by atoms with E-state index in [9.17, 15) is 10.4 Å². The molecule has 0 amide bonds. The number of aliphatic hydroxyl groups is 1. The lowest BCUT2D eigenvalue weighted by Crippen LogP contribution is -2.51. The van der Waals surface area contributed by atoms with Crippen molar-refractivity contribution in [3.05, 3.63) is 0 Å². The van der Waals surface area contributed by atoms with Gasteiger partial charge >= 0.3 is 0 Å². The van der Waals surface area contributed by atoms with Crippen LogP contribution in [0.25, 0.3) is 0 Å². The van der Waals surface area contributed by atoms with Crippen LogP contribution in [0.5, 0.6) is 0 Å². The molecule has 0 aromatic rings. The van der Waals surface area contributed by atoms with Gasteiger partial charge in [-0.15, -0.1) is 0 Å². The predicted octanol–water partition coefficient (Wildman–Crippen LogP) is 1.67. The molecule has 1 aliphatic carbocycles. The summed E-state index contributed by atoms with van der Waals surface area (Å²) in [6.07, 6.45) is 7.74. The van der Waals surface area contributed by atoms with E-state index in [0.717, 1.165) is 19.3 Å². The summed E-state index contributed by atoms with van der Waals surface area (Å²) in [4.78, 5) is 2.60. The van der Waals surface area contributed by atoms with E-state index < -0.39 is 0 Å². The summed E-state index contributed by atoms with van der Waals surface area (Å²) in [6, 6.07) is 4.11. The second kappa shape index (κ2) is 4.01. The number of nitriles is 1. The van der Waals surface area contributed by atoms with E-state index in [1.165, 1.54) is 25.7 Å². The molecule has 2 bridgehead atoms. The van der Waals surface area contributed by atoms with Crippen LogP contribution in [-0.2, 0) is 0 Å². The normalized spacial score (nSPS) is 48.1. The van der Waals surface area contributed by atoms with Crippen molar-refractivity contribution in [2.24, 2.45) is 5.92 Å². The van der Waals surface area contributed by atoms with Gasteiger partial charge in [-0.1, -0.05) is 6.42 Å². The lowest BCUT2D eigenvalue weighted by Gasteiger charge is -2.42. The van der Waals surface area contributed by atoms with Crippen LogP contribution < -0.4 is 0 Å². The lowest BCUT2D eigenvalue weighted by atomic mass is 9.94. The third-order valence-electron chi connectivity index (χ3n) is 4.79. The molecule has 2 saturated heterocycles. The highest BCUT2D eigenvalue weighted by Gasteiger charge is 2.46. The smallest absolute Gasteiger partial charge is 0.0672 e. The van der Waals surface area contributed by atoms with Crippen molar-refractivity contribution in [1.29, 1.82) is 5.26 Å². The van der Waals surface area contributed by atoms with Crippen LogP contribution in [0.1, 0.15) is 44.9 Å². The van der Waals surface area contributed by atoms with Crippen LogP contribution in [0.4, 0.5) is 0 Å². The van der Waals surface area contributed by atoms with Gasteiger partial charge in [-0.05, 0) is 38.5 Å². The van der Waals surface area contributed by atoms with Crippen LogP contribution in [0, 0.1) is 17.2 Å². The molecule has 2 heterocycles. The highest BCUT2D eigenvalue weighted by Crippen LogP contribution is 2.42. The average Bonchev–Trinajstić information content (AvgIpc) is 2.81. The molecule has 16 heavy (non-hydrogen) atoms. The minimum absolute atomic E-state index is 0.0873. The first-order chi connectivity index (χ1) is 7.79. The summed E-state index contributed by atoms with van der Waals surface area (Å²) in [5, 5.41) is 19.0. The second-order valence-corrected chi connectivity index (χ2v) is 5.69. The molecule has 3 fully saturated rings. The number of hydrogen-bond acceptors (Lipinski definition) is 3. The molecular weight excluding hydrogens is 200 g/mol. The summed E-state index contributed by atoms with van der Waals surface area (Å²) >= 11 is 0. The van der Waals surface area contributed by atoms with E-state index in [1.807, 2.05) is 0 Å². The van der Waals surface area contributed by atoms with Gasteiger partial charge in [0.2, 0.25) is 0 Å². The van der Waals surface area contributed by atoms with E-state index in [-0.39, 0.29) is 12.0 Å². The second-order valence-electron chi connectivity index (χ2n) is 5.69. The van der Waals surface area contributed by atoms with Gasteiger partial charge in [0.05, 0.1) is 18.1 Å². The van der Waals surface area contributed by atoms with Gasteiger partial charge in [-0.3, -0.25) is 4.90 Å². The summed E-state index contributed by atoms with van der Waals surface area (Å²) in [5.41, 5.74) is 0. The molecule has 3 heteroatoms. The third-order valence-corrected chi connectivity index (χ3v) is 4.79. The van der Waals surface area contributed by atoms with E-state index in [4.69, 9.17) is 0 Å². The van der Waals surface area contributed by atoms with Crippen molar-refractivity contribution >= 4 is 0 Å². The Labute approximate surface area is 97.0 Å². The molecule has 3 aliphatic rings. The van der Waals surface area contributed by atoms with Gasteiger partial charge in [0, 0.05) is 18.1 Å². The van der Waals surface area contributed by atoms with Crippen LogP contribution in [-0.4, -0.2) is 34.2 Å². The Balaban J connectivity index is 1.78. The third kappa shape index (κ3) is 1.56. The number of hydrogen-bond donors (Lipinski definition) is 1. The fraction of sp³-hybridized carbons (Fsp3) is 0.923. The van der Waals surface area contributed by atoms with E-state index in [0.29, 0.717) is 18.1 Å². The quantitative estimate of drug-likeness (QED) is 0.731. The largest absolute Gasteiger partial charge is 0.393 e. The van der Waals surface area contributed by atoms with Gasteiger partial charge in [0.25, 0.3) is 0 Å². The molecule has 3 nitrogen and oxygen atoms in total. The summed E-state index contributed by atoms with van der Waals surface area (Å²) in [7, 11) is 0. The van der Waals surface area contributed by atoms with Gasteiger partial charge in [0.15, 0.2) is 0 Å². The average molecular weight is 220 g/mol. The maximum Gasteiger partial charge on any atom is 0.0672 e. The monoisotopic (exact) mass is 220 g/mol. The van der Waals surface area contributed by atoms with E-state index >= 15 is 0 Å². The first-order valence-electron chi connectivity index (χ1n) is 6.64. The van der Waals surface area contributed by atoms with Gasteiger partial charge < -0.3 is 5.11 Å². The topological polar surface area (TPSA) is 47.3 Å². The zero-order chi connectivity index (χ0) is 11.1. The Hall–Kier alpha value is -0.590. The lowest BCUT2D eigenvalue weighted by molar-refractivity contribution is 0.00557. The molecule has 0 aromatic carbocycles. The zero-order valence-electron chi connectivity index (χ0n) is 9.68. The van der Waals surface area contributed by atoms with E-state index in [2.05, 4.69) is 11.0 Å². The van der Waals surface area contributed by atoms with Crippen LogP contribution in [0.15, 0.2) is 0 Å². The molecule has 4 unspecified atom stereocenters. The molecule has 1 N–H and O–H groups in total. The summed E-state index contributed by atoms with van der Waals surface area (Å²) in [5.74, 6) is 0.248. The Morgan fingerprint density at radius 1 is 1.06 bits per heavy atom. The number of nitrogens with zero attached hydrogens (tertiary/aromatic N) is 2. The van der Waals surface area contributed by atoms with Crippen molar-refractivity contribution in [3.8, 4) is 6.07 Å². The van der Waals surface area contributed by atoms with Gasteiger partial charge in [0.1, 0.15) is 0 Å². The highest BCUT2D eigenvalue weighted by atomic mass is 16.3. The number of piperidine rings is 1. The van der Waals surface area contributed by atoms with Crippen LogP contribution >= 0.6 is 0 Å². The molecule has 88 valence electrons. The molecule has 0 aromatic heterocycles. The van der Waals surface area contributed by atoms with Crippen molar-refractivity contribution in [2.75, 3.05) is 0 Å². The molecule has 4 atom stereocenters. The van der Waals surface area contributed by atoms with Crippen molar-refractivity contribution in [3.63, 3.8) is 0 Å². The number of rotatable bonds is 1. The molecular formula is C13H20N2O. The van der Waals surface area contributed by atoms with Crippen molar-refractivity contribution < 1.29 is 5.11 Å². The number of aliphatic hydroxyl groups excluding tert-OH is 1. The molecule has 2 aliphatic heterocycles. The Kier molecular flexibility index (Phi) is 2.65. The van der Waals surface area contributed by atoms with E-state index in [1.54, 1.807) is 0 Å². The predicted molar refractivity (Wildman–Crippen MR) is 60.6 cm³/mol. The maximum absolute atomic E-state index is 9.78. The number of fused-ring (bicyclic) bond motifs is 2. The fourth-order valence-electron chi connectivity index (χ4n) is 4.17. The SMILES string of the molecule is N#CC1CCCC1N1C2CCC1CC(O)C2. The van der Waals surface area contributed by atoms with Crippen LogP contribution in [0.3, 0.4) is 0 Å². The van der Waals surface area contributed by atoms with Crippen molar-refractivity contribution in [2.45, 2.75) is 69.2 Å². The summed E-state index contributed by atoms with van der Waals surface area (Å²) < 4.78 is 0. The summed E-state index contributed by atoms with van der Waals surface area (Å²) in [6.45, 7) is 0. The van der Waals surface area contributed by atoms with Crippen molar-refractivity contribution in [1.82, 2.24) is 4.90 Å². The minimum atomic E-state index is -0.0873. The minimum Gasteiger partial charge on any atom is -0.393 e. The Morgan fingerprint density at radius 2 is 1.75 bits per heavy atom. The maximum atomic E-state index is 9.78. The first kappa shape index (κ1) is 10.6. The molecule has 3 rings (SSSR count). The molecule has 1 saturated carbocycles. The molecule has 0 spiro atoms. The van der Waals surface area contributed by atoms with Gasteiger partial charge in [-0.2, -0.15) is 5.26 Å². The first-order valence-corrected chi connectivity index (χ1v) is 6.64. The standard InChI is InChI=1S/C13H20N2O/c14-8-9-2-1-3-13(9)15-10-4-5-11(15)7-12(16)6-10/h9-13,16H,1-7H2. The van der Waals surface area contributed by atoms with Crippen LogP contribution in [0.2, 0.25) is 0 Å². The Bertz CT molecular complexity index is 298. The fourth-order valence-corrected chi connectivity index (χ4v) is 4.17. The van der Waals surface area contributed by atoms with Gasteiger partial charge in [-0.25, -0.2) is 0 Å². The Morgan fingerprint density at radius 3 is 2.38 bits per heavy atom.